The molecule has 1 saturated carbocycles. The van der Waals surface area contributed by atoms with Crippen LogP contribution in [-0.2, 0) is 14.4 Å². The quantitative estimate of drug-likeness (QED) is 0.339. The van der Waals surface area contributed by atoms with Crippen molar-refractivity contribution in [3.05, 3.63) is 0 Å². The SMILES string of the molecule is CC(C)(N[C@H]1CCCCNC1=O)C(=O)NCC(=O)NCCCNC1CCCCC1. The number of amides is 3. The molecule has 3 amide bonds. The number of hydrogen-bond donors (Lipinski definition) is 5. The van der Waals surface area contributed by atoms with Crippen molar-refractivity contribution in [3.63, 3.8) is 0 Å². The zero-order valence-corrected chi connectivity index (χ0v) is 18.1. The first-order chi connectivity index (χ1) is 13.9. The van der Waals surface area contributed by atoms with Gasteiger partial charge < -0.3 is 21.3 Å². The highest BCUT2D eigenvalue weighted by molar-refractivity contribution is 5.90. The third-order valence-electron chi connectivity index (χ3n) is 5.76. The summed E-state index contributed by atoms with van der Waals surface area (Å²) in [6.45, 7) is 5.58. The Bertz CT molecular complexity index is 546. The Morgan fingerprint density at radius 1 is 1.00 bits per heavy atom. The minimum absolute atomic E-state index is 0.0587. The van der Waals surface area contributed by atoms with Crippen molar-refractivity contribution in [2.45, 2.75) is 89.3 Å². The second-order valence-electron chi connectivity index (χ2n) is 8.78. The number of nitrogens with one attached hydrogen (secondary N) is 5. The molecular formula is C21H39N5O3. The van der Waals surface area contributed by atoms with Crippen LogP contribution in [0.5, 0.6) is 0 Å². The van der Waals surface area contributed by atoms with Gasteiger partial charge in [0, 0.05) is 19.1 Å². The Morgan fingerprint density at radius 2 is 1.72 bits per heavy atom. The lowest BCUT2D eigenvalue weighted by atomic mass is 9.95. The van der Waals surface area contributed by atoms with Crippen LogP contribution < -0.4 is 26.6 Å². The Kier molecular flexibility index (Phi) is 9.87. The van der Waals surface area contributed by atoms with Crippen molar-refractivity contribution in [3.8, 4) is 0 Å². The maximum Gasteiger partial charge on any atom is 0.240 e. The molecule has 0 aromatic heterocycles. The molecule has 166 valence electrons. The third kappa shape index (κ3) is 8.70. The van der Waals surface area contributed by atoms with Crippen LogP contribution in [0, 0.1) is 0 Å². The van der Waals surface area contributed by atoms with Gasteiger partial charge in [0.1, 0.15) is 0 Å². The van der Waals surface area contributed by atoms with Gasteiger partial charge in [-0.2, -0.15) is 0 Å². The van der Waals surface area contributed by atoms with Crippen LogP contribution >= 0.6 is 0 Å². The molecule has 8 nitrogen and oxygen atoms in total. The number of hydrogen-bond acceptors (Lipinski definition) is 5. The van der Waals surface area contributed by atoms with Crippen LogP contribution in [0.1, 0.15) is 71.6 Å². The lowest BCUT2D eigenvalue weighted by Gasteiger charge is -2.29. The maximum atomic E-state index is 12.5. The first-order valence-electron chi connectivity index (χ1n) is 11.2. The molecule has 1 heterocycles. The second-order valence-corrected chi connectivity index (χ2v) is 8.78. The molecule has 0 aromatic rings. The zero-order chi connectivity index (χ0) is 21.1. The molecule has 1 aliphatic carbocycles. The number of carbonyl (C=O) groups excluding carboxylic acids is 3. The van der Waals surface area contributed by atoms with Crippen molar-refractivity contribution in [2.75, 3.05) is 26.2 Å². The fraction of sp³-hybridized carbons (Fsp3) is 0.857. The summed E-state index contributed by atoms with van der Waals surface area (Å²) in [5.74, 6) is -0.550. The fourth-order valence-electron chi connectivity index (χ4n) is 3.95. The summed E-state index contributed by atoms with van der Waals surface area (Å²) < 4.78 is 0. The highest BCUT2D eigenvalue weighted by Crippen LogP contribution is 2.17. The molecule has 2 aliphatic rings. The molecule has 0 unspecified atom stereocenters. The van der Waals surface area contributed by atoms with E-state index in [-0.39, 0.29) is 30.3 Å². The van der Waals surface area contributed by atoms with Crippen molar-refractivity contribution in [1.29, 1.82) is 0 Å². The van der Waals surface area contributed by atoms with E-state index in [1.165, 1.54) is 32.1 Å². The van der Waals surface area contributed by atoms with Gasteiger partial charge in [-0.25, -0.2) is 0 Å². The summed E-state index contributed by atoms with van der Waals surface area (Å²) >= 11 is 0. The lowest BCUT2D eigenvalue weighted by molar-refractivity contribution is -0.131. The molecule has 0 bridgehead atoms. The lowest BCUT2D eigenvalue weighted by Crippen LogP contribution is -2.59. The summed E-state index contributed by atoms with van der Waals surface area (Å²) in [5.41, 5.74) is -0.934. The molecule has 2 rings (SSSR count). The zero-order valence-electron chi connectivity index (χ0n) is 18.1. The van der Waals surface area contributed by atoms with Crippen LogP contribution in [0.15, 0.2) is 0 Å². The Labute approximate surface area is 174 Å². The van der Waals surface area contributed by atoms with Gasteiger partial charge in [0.2, 0.25) is 17.7 Å². The molecule has 5 N–H and O–H groups in total. The normalized spacial score (nSPS) is 21.2. The van der Waals surface area contributed by atoms with E-state index >= 15 is 0 Å². The van der Waals surface area contributed by atoms with Crippen LogP contribution in [0.2, 0.25) is 0 Å². The van der Waals surface area contributed by atoms with Gasteiger partial charge in [-0.15, -0.1) is 0 Å². The summed E-state index contributed by atoms with van der Waals surface area (Å²) in [5, 5.41) is 15.1. The summed E-state index contributed by atoms with van der Waals surface area (Å²) in [6.07, 6.45) is 9.95. The van der Waals surface area contributed by atoms with Gasteiger partial charge in [-0.05, 0) is 58.9 Å². The first kappa shape index (κ1) is 23.6. The number of rotatable bonds is 10. The van der Waals surface area contributed by atoms with E-state index in [0.717, 1.165) is 25.8 Å². The maximum absolute atomic E-state index is 12.5. The van der Waals surface area contributed by atoms with E-state index in [1.54, 1.807) is 13.8 Å². The van der Waals surface area contributed by atoms with Gasteiger partial charge in [0.15, 0.2) is 0 Å². The third-order valence-corrected chi connectivity index (χ3v) is 5.76. The van der Waals surface area contributed by atoms with Gasteiger partial charge in [-0.1, -0.05) is 19.3 Å². The largest absolute Gasteiger partial charge is 0.355 e. The van der Waals surface area contributed by atoms with Gasteiger partial charge in [0.25, 0.3) is 0 Å². The monoisotopic (exact) mass is 409 g/mol. The van der Waals surface area contributed by atoms with Crippen molar-refractivity contribution >= 4 is 17.7 Å². The second kappa shape index (κ2) is 12.1. The standard InChI is InChI=1S/C21H39N5O3/c1-21(2,26-17-11-6-7-12-24-19(17)28)20(29)25-15-18(27)23-14-8-13-22-16-9-4-3-5-10-16/h16-17,22,26H,3-15H2,1-2H3,(H,23,27)(H,24,28)(H,25,29)/t17-/m0/s1. The Balaban J connectivity index is 1.59. The molecule has 1 saturated heterocycles. The topological polar surface area (TPSA) is 111 Å². The summed E-state index contributed by atoms with van der Waals surface area (Å²) in [7, 11) is 0. The van der Waals surface area contributed by atoms with Gasteiger partial charge in [0.05, 0.1) is 18.1 Å². The predicted octanol–water partition coefficient (Wildman–Crippen LogP) is 0.568. The molecular weight excluding hydrogens is 370 g/mol. The molecule has 0 spiro atoms. The van der Waals surface area contributed by atoms with Gasteiger partial charge >= 0.3 is 0 Å². The van der Waals surface area contributed by atoms with Crippen molar-refractivity contribution in [2.24, 2.45) is 0 Å². The van der Waals surface area contributed by atoms with Crippen LogP contribution in [0.4, 0.5) is 0 Å². The molecule has 0 radical (unpaired) electrons. The molecule has 29 heavy (non-hydrogen) atoms. The average Bonchev–Trinajstić information content (AvgIpc) is 2.90. The van der Waals surface area contributed by atoms with E-state index in [2.05, 4.69) is 26.6 Å². The number of carbonyl (C=O) groups is 3. The Morgan fingerprint density at radius 3 is 2.48 bits per heavy atom. The van der Waals surface area contributed by atoms with Crippen LogP contribution in [0.3, 0.4) is 0 Å². The summed E-state index contributed by atoms with van der Waals surface area (Å²) in [4.78, 5) is 36.6. The minimum atomic E-state index is -0.934. The van der Waals surface area contributed by atoms with E-state index in [0.29, 0.717) is 25.6 Å². The van der Waals surface area contributed by atoms with E-state index < -0.39 is 5.54 Å². The van der Waals surface area contributed by atoms with E-state index in [1.807, 2.05) is 0 Å². The molecule has 0 aromatic carbocycles. The van der Waals surface area contributed by atoms with E-state index in [4.69, 9.17) is 0 Å². The summed E-state index contributed by atoms with van der Waals surface area (Å²) in [6, 6.07) is 0.243. The van der Waals surface area contributed by atoms with Crippen molar-refractivity contribution in [1.82, 2.24) is 26.6 Å². The first-order valence-corrected chi connectivity index (χ1v) is 11.2. The molecule has 1 atom stereocenters. The smallest absolute Gasteiger partial charge is 0.240 e. The average molecular weight is 410 g/mol. The highest BCUT2D eigenvalue weighted by Gasteiger charge is 2.33. The highest BCUT2D eigenvalue weighted by atomic mass is 16.2. The molecule has 1 aliphatic heterocycles. The molecule has 2 fully saturated rings. The minimum Gasteiger partial charge on any atom is -0.355 e. The molecule has 8 heteroatoms. The van der Waals surface area contributed by atoms with Gasteiger partial charge in [-0.3, -0.25) is 19.7 Å². The van der Waals surface area contributed by atoms with Crippen LogP contribution in [-0.4, -0.2) is 61.5 Å². The van der Waals surface area contributed by atoms with E-state index in [9.17, 15) is 14.4 Å². The van der Waals surface area contributed by atoms with Crippen LogP contribution in [0.25, 0.3) is 0 Å². The Hall–Kier alpha value is -1.67. The van der Waals surface area contributed by atoms with Crippen molar-refractivity contribution < 1.29 is 14.4 Å². The fourth-order valence-corrected chi connectivity index (χ4v) is 3.95. The predicted molar refractivity (Wildman–Crippen MR) is 113 cm³/mol.